The second-order valence-electron chi connectivity index (χ2n) is 9.68. The first-order valence-corrected chi connectivity index (χ1v) is 11.3. The van der Waals surface area contributed by atoms with E-state index in [-0.39, 0.29) is 18.4 Å². The van der Waals surface area contributed by atoms with Gasteiger partial charge in [0.1, 0.15) is 17.5 Å². The minimum absolute atomic E-state index is 0.0563. The molecule has 2 bridgehead atoms. The molecule has 12 heteroatoms. The zero-order chi connectivity index (χ0) is 27.2. The molecule has 1 fully saturated rings. The third kappa shape index (κ3) is 4.63. The maximum atomic E-state index is 13.0. The summed E-state index contributed by atoms with van der Waals surface area (Å²) < 4.78 is 15.3. The highest BCUT2D eigenvalue weighted by atomic mass is 16.6. The molecule has 198 valence electrons. The molecule has 7 atom stereocenters. The zero-order valence-corrected chi connectivity index (χ0v) is 20.3. The third-order valence-corrected chi connectivity index (χ3v) is 6.93. The lowest BCUT2D eigenvalue weighted by Gasteiger charge is -2.47. The maximum absolute atomic E-state index is 13.0. The van der Waals surface area contributed by atoms with Crippen LogP contribution in [0.15, 0.2) is 34.8 Å². The molecule has 5 N–H and O–H groups in total. The predicted molar refractivity (Wildman–Crippen MR) is 119 cm³/mol. The van der Waals surface area contributed by atoms with E-state index in [9.17, 15) is 44.7 Å². The molecule has 3 aliphatic rings. The lowest BCUT2D eigenvalue weighted by atomic mass is 9.66. The summed E-state index contributed by atoms with van der Waals surface area (Å²) in [7, 11) is 0.899. The fourth-order valence-electron chi connectivity index (χ4n) is 5.14. The van der Waals surface area contributed by atoms with Crippen LogP contribution in [0.1, 0.15) is 40.0 Å². The molecule has 2 aliphatic carbocycles. The van der Waals surface area contributed by atoms with Gasteiger partial charge in [-0.25, -0.2) is 14.4 Å². The van der Waals surface area contributed by atoms with Crippen LogP contribution in [0.4, 0.5) is 0 Å². The van der Waals surface area contributed by atoms with E-state index in [4.69, 9.17) is 9.47 Å². The number of aliphatic hydroxyl groups excluding tert-OH is 3. The van der Waals surface area contributed by atoms with Gasteiger partial charge in [0.25, 0.3) is 0 Å². The predicted octanol–water partition coefficient (Wildman–Crippen LogP) is 0.0588. The first-order chi connectivity index (χ1) is 16.6. The third-order valence-electron chi connectivity index (χ3n) is 6.93. The van der Waals surface area contributed by atoms with Crippen LogP contribution in [-0.4, -0.2) is 85.8 Å². The van der Waals surface area contributed by atoms with Crippen molar-refractivity contribution in [2.24, 2.45) is 11.8 Å². The number of methoxy groups -OCH3 is 1. The Kier molecular flexibility index (Phi) is 7.36. The fraction of sp³-hybridized carbons (Fsp3) is 0.583. The average Bonchev–Trinajstić information content (AvgIpc) is 2.79. The second-order valence-corrected chi connectivity index (χ2v) is 9.68. The molecule has 0 aromatic heterocycles. The number of esters is 3. The number of hydrogen-bond donors (Lipinski definition) is 5. The van der Waals surface area contributed by atoms with Crippen LogP contribution < -0.4 is 0 Å². The lowest BCUT2D eigenvalue weighted by Crippen LogP contribution is -2.64. The Hall–Kier alpha value is -3.22. The molecule has 12 nitrogen and oxygen atoms in total. The van der Waals surface area contributed by atoms with Gasteiger partial charge in [0.2, 0.25) is 11.7 Å². The van der Waals surface area contributed by atoms with Crippen molar-refractivity contribution in [3.05, 3.63) is 34.8 Å². The van der Waals surface area contributed by atoms with Crippen LogP contribution in [0.2, 0.25) is 0 Å². The van der Waals surface area contributed by atoms with Crippen molar-refractivity contribution in [3.63, 3.8) is 0 Å². The minimum atomic E-state index is -3.03. The molecule has 0 amide bonds. The van der Waals surface area contributed by atoms with Crippen LogP contribution in [0.5, 0.6) is 0 Å². The molecule has 36 heavy (non-hydrogen) atoms. The number of hydrogen-bond acceptors (Lipinski definition) is 12. The Balaban J connectivity index is 2.20. The number of carbonyl (C=O) groups is 4. The van der Waals surface area contributed by atoms with Gasteiger partial charge in [-0.15, -0.1) is 0 Å². The van der Waals surface area contributed by atoms with E-state index in [1.807, 2.05) is 0 Å². The van der Waals surface area contributed by atoms with E-state index in [2.05, 4.69) is 4.74 Å². The quantitative estimate of drug-likeness (QED) is 0.195. The summed E-state index contributed by atoms with van der Waals surface area (Å²) in [6, 6.07) is 0. The van der Waals surface area contributed by atoms with Gasteiger partial charge >= 0.3 is 17.9 Å². The number of rotatable bonds is 3. The largest absolute Gasteiger partial charge is 0.510 e. The summed E-state index contributed by atoms with van der Waals surface area (Å²) >= 11 is 0. The standard InChI is InChI=1S/C24H30O12/c1-10(2)5-17(27)36-19-14-7-12(35-21(19)30)6-13-11(3)18(28)15(25)8-23(13,32)9-16(26)20(29)24(14,33)22(31)34-4/h5,9,12-14,19-20,26,28-29,32-33H,6-8H2,1-4H3/b16-9-/t12-,13+,14+,19-,20+,23+,24+/m1/s1. The molecule has 3 rings (SSSR count). The number of Topliss-reactive ketones (excluding diaryl/α,β-unsaturated/α-hetero) is 1. The molecule has 0 unspecified atom stereocenters. The monoisotopic (exact) mass is 510 g/mol. The molecule has 0 radical (unpaired) electrons. The van der Waals surface area contributed by atoms with Crippen LogP contribution >= 0.6 is 0 Å². The average molecular weight is 510 g/mol. The molecule has 0 aromatic carbocycles. The Bertz CT molecular complexity index is 1070. The van der Waals surface area contributed by atoms with Gasteiger partial charge in [0.05, 0.1) is 13.0 Å². The molecule has 1 heterocycles. The molecule has 1 saturated heterocycles. The van der Waals surface area contributed by atoms with Crippen LogP contribution in [0.3, 0.4) is 0 Å². The number of fused-ring (bicyclic) bond motifs is 3. The summed E-state index contributed by atoms with van der Waals surface area (Å²) in [5.41, 5.74) is -4.61. The van der Waals surface area contributed by atoms with Crippen molar-refractivity contribution >= 4 is 23.7 Å². The maximum Gasteiger partial charge on any atom is 0.348 e. The van der Waals surface area contributed by atoms with Gasteiger partial charge in [0, 0.05) is 18.4 Å². The van der Waals surface area contributed by atoms with Gasteiger partial charge in [0.15, 0.2) is 17.6 Å². The van der Waals surface area contributed by atoms with Gasteiger partial charge < -0.3 is 39.7 Å². The van der Waals surface area contributed by atoms with E-state index in [1.165, 1.54) is 6.92 Å². The molecule has 0 saturated carbocycles. The first kappa shape index (κ1) is 27.4. The Morgan fingerprint density at radius 2 is 1.81 bits per heavy atom. The SMILES string of the molecule is COC(=O)[C@@]1(O)[C@@H](O)/C(O)=C/[C@@]2(O)CC(=O)C(O)=C(C)[C@@H]2C[C@@H]2C[C@H]1[C@@H](OC(=O)C=C(C)C)C(=O)O2. The topological polar surface area (TPSA) is 197 Å². The summed E-state index contributed by atoms with van der Waals surface area (Å²) in [5.74, 6) is -8.80. The first-order valence-electron chi connectivity index (χ1n) is 11.3. The summed E-state index contributed by atoms with van der Waals surface area (Å²) in [5, 5.41) is 54.7. The minimum Gasteiger partial charge on any atom is -0.510 e. The van der Waals surface area contributed by atoms with E-state index in [0.717, 1.165) is 19.3 Å². The van der Waals surface area contributed by atoms with Crippen LogP contribution in [0.25, 0.3) is 0 Å². The van der Waals surface area contributed by atoms with Crippen LogP contribution in [0, 0.1) is 11.8 Å². The van der Waals surface area contributed by atoms with Gasteiger partial charge in [-0.1, -0.05) is 5.57 Å². The van der Waals surface area contributed by atoms with Gasteiger partial charge in [-0.2, -0.15) is 0 Å². The fourth-order valence-corrected chi connectivity index (χ4v) is 5.14. The number of allylic oxidation sites excluding steroid dienone is 2. The second kappa shape index (κ2) is 9.68. The zero-order valence-electron chi connectivity index (χ0n) is 20.3. The molecule has 1 aliphatic heterocycles. The summed E-state index contributed by atoms with van der Waals surface area (Å²) in [4.78, 5) is 50.4. The smallest absolute Gasteiger partial charge is 0.348 e. The van der Waals surface area contributed by atoms with Crippen molar-refractivity contribution < 1.29 is 58.9 Å². The van der Waals surface area contributed by atoms with Crippen LogP contribution in [-0.2, 0) is 33.4 Å². The molecular weight excluding hydrogens is 480 g/mol. The highest BCUT2D eigenvalue weighted by Gasteiger charge is 2.62. The Morgan fingerprint density at radius 1 is 1.17 bits per heavy atom. The van der Waals surface area contributed by atoms with E-state index in [1.54, 1.807) is 13.8 Å². The van der Waals surface area contributed by atoms with Crippen molar-refractivity contribution in [2.45, 2.75) is 69.5 Å². The normalized spacial score (nSPS) is 38.1. The van der Waals surface area contributed by atoms with Crippen molar-refractivity contribution in [2.75, 3.05) is 7.11 Å². The number of ether oxygens (including phenoxy) is 3. The summed E-state index contributed by atoms with van der Waals surface area (Å²) in [6.45, 7) is 4.57. The van der Waals surface area contributed by atoms with E-state index >= 15 is 0 Å². The number of ketones is 1. The number of carbonyl (C=O) groups excluding carboxylic acids is 4. The lowest BCUT2D eigenvalue weighted by molar-refractivity contribution is -0.219. The van der Waals surface area contributed by atoms with E-state index < -0.39 is 83.0 Å². The van der Waals surface area contributed by atoms with Crippen molar-refractivity contribution in [3.8, 4) is 0 Å². The highest BCUT2D eigenvalue weighted by Crippen LogP contribution is 2.46. The van der Waals surface area contributed by atoms with Gasteiger partial charge in [-0.3, -0.25) is 4.79 Å². The molecule has 0 spiro atoms. The highest BCUT2D eigenvalue weighted by molar-refractivity contribution is 5.96. The van der Waals surface area contributed by atoms with E-state index in [0.29, 0.717) is 5.57 Å². The molecule has 0 aromatic rings. The molecular formula is C24H30O12. The van der Waals surface area contributed by atoms with Gasteiger partial charge in [-0.05, 0) is 45.3 Å². The van der Waals surface area contributed by atoms with Crippen molar-refractivity contribution in [1.29, 1.82) is 0 Å². The number of aliphatic hydroxyl groups is 5. The Labute approximate surface area is 206 Å². The Morgan fingerprint density at radius 3 is 2.39 bits per heavy atom. The van der Waals surface area contributed by atoms with Crippen molar-refractivity contribution in [1.82, 2.24) is 0 Å². The summed E-state index contributed by atoms with van der Waals surface area (Å²) in [6.07, 6.45) is -4.93.